The molecule has 0 aliphatic rings. The highest BCUT2D eigenvalue weighted by Crippen LogP contribution is 2.24. The van der Waals surface area contributed by atoms with Crippen LogP contribution in [-0.2, 0) is 0 Å². The molecule has 0 saturated heterocycles. The summed E-state index contributed by atoms with van der Waals surface area (Å²) in [5.74, 6) is 0. The lowest BCUT2D eigenvalue weighted by atomic mass is 10.3. The molecule has 0 heterocycles. The maximum absolute atomic E-state index is 11.3. The molecule has 48 valence electrons. The fraction of sp³-hybridized carbons (Fsp3) is 0.500. The van der Waals surface area contributed by atoms with Gasteiger partial charge in [0.05, 0.1) is 0 Å². The first-order valence-electron chi connectivity index (χ1n) is 1.79. The van der Waals surface area contributed by atoms with Crippen LogP contribution in [0.25, 0.3) is 0 Å². The van der Waals surface area contributed by atoms with Gasteiger partial charge in [0.15, 0.2) is 0 Å². The minimum atomic E-state index is -4.19. The van der Waals surface area contributed by atoms with Gasteiger partial charge in [-0.1, -0.05) is 29.2 Å². The Labute approximate surface area is 58.9 Å². The summed E-state index contributed by atoms with van der Waals surface area (Å²) in [5.41, 5.74) is -0.682. The molecule has 0 aromatic rings. The van der Waals surface area contributed by atoms with Gasteiger partial charge in [-0.2, -0.15) is 13.2 Å². The monoisotopic (exact) mass is 236 g/mol. The highest BCUT2D eigenvalue weighted by Gasteiger charge is 2.30. The van der Waals surface area contributed by atoms with Gasteiger partial charge in [0, 0.05) is 10.0 Å². The van der Waals surface area contributed by atoms with Crippen LogP contribution in [0.2, 0.25) is 0 Å². The molecule has 0 bridgehead atoms. The highest BCUT2D eigenvalue weighted by atomic mass is 127. The van der Waals surface area contributed by atoms with Crippen molar-refractivity contribution in [2.45, 2.75) is 6.18 Å². The summed E-state index contributed by atoms with van der Waals surface area (Å²) < 4.78 is 34.0. The second-order valence-corrected chi connectivity index (χ2v) is 2.00. The Hall–Kier alpha value is 0.260. The standard InChI is InChI=1S/C4H4F3I/c1-3(2-8)4(5,6)7/h1-2H2. The van der Waals surface area contributed by atoms with Crippen LogP contribution in [0.1, 0.15) is 0 Å². The Kier molecular flexibility index (Phi) is 2.79. The van der Waals surface area contributed by atoms with Crippen LogP contribution in [0.4, 0.5) is 13.2 Å². The first-order valence-corrected chi connectivity index (χ1v) is 3.32. The number of hydrogen-bond donors (Lipinski definition) is 0. The fourth-order valence-electron chi connectivity index (χ4n) is 0.0758. The van der Waals surface area contributed by atoms with Crippen molar-refractivity contribution in [1.29, 1.82) is 0 Å². The molecule has 0 saturated carbocycles. The summed E-state index contributed by atoms with van der Waals surface area (Å²) in [7, 11) is 0. The topological polar surface area (TPSA) is 0 Å². The third-order valence-corrected chi connectivity index (χ3v) is 1.48. The van der Waals surface area contributed by atoms with E-state index in [4.69, 9.17) is 0 Å². The van der Waals surface area contributed by atoms with Crippen LogP contribution in [-0.4, -0.2) is 10.6 Å². The van der Waals surface area contributed by atoms with E-state index in [9.17, 15) is 13.2 Å². The molecule has 0 aliphatic heterocycles. The quantitative estimate of drug-likeness (QED) is 0.373. The Bertz CT molecular complexity index is 93.9. The van der Waals surface area contributed by atoms with Gasteiger partial charge in [0.1, 0.15) is 0 Å². The van der Waals surface area contributed by atoms with E-state index in [0.29, 0.717) is 0 Å². The number of halogens is 4. The molecular weight excluding hydrogens is 232 g/mol. The number of rotatable bonds is 1. The van der Waals surface area contributed by atoms with Crippen molar-refractivity contribution in [2.75, 3.05) is 4.43 Å². The molecule has 0 aromatic carbocycles. The predicted octanol–water partition coefficient (Wildman–Crippen LogP) is 2.54. The van der Waals surface area contributed by atoms with Crippen molar-refractivity contribution in [2.24, 2.45) is 0 Å². The van der Waals surface area contributed by atoms with Gasteiger partial charge in [0.2, 0.25) is 0 Å². The molecule has 0 aromatic heterocycles. The van der Waals surface area contributed by atoms with Crippen molar-refractivity contribution in [3.8, 4) is 0 Å². The molecule has 4 heteroatoms. The fourth-order valence-corrected chi connectivity index (χ4v) is 0.508. The van der Waals surface area contributed by atoms with Crippen molar-refractivity contribution in [1.82, 2.24) is 0 Å². The molecular formula is C4H4F3I. The lowest BCUT2D eigenvalue weighted by Gasteiger charge is -2.04. The molecule has 0 amide bonds. The molecule has 0 atom stereocenters. The van der Waals surface area contributed by atoms with E-state index in [1.54, 1.807) is 22.6 Å². The zero-order valence-corrected chi connectivity index (χ0v) is 6.08. The average Bonchev–Trinajstić information content (AvgIpc) is 1.62. The number of hydrogen-bond acceptors (Lipinski definition) is 0. The molecule has 0 radical (unpaired) electrons. The number of alkyl halides is 4. The summed E-state index contributed by atoms with van der Waals surface area (Å²) in [5, 5.41) is 0. The first kappa shape index (κ1) is 8.26. The molecule has 0 nitrogen and oxygen atoms in total. The van der Waals surface area contributed by atoms with Gasteiger partial charge in [0.25, 0.3) is 0 Å². The first-order chi connectivity index (χ1) is 3.48. The van der Waals surface area contributed by atoms with Crippen LogP contribution in [0.3, 0.4) is 0 Å². The molecule has 0 rings (SSSR count). The summed E-state index contributed by atoms with van der Waals surface area (Å²) >= 11 is 1.62. The molecule has 0 unspecified atom stereocenters. The summed E-state index contributed by atoms with van der Waals surface area (Å²) in [4.78, 5) is 0. The molecule has 0 aliphatic carbocycles. The Morgan fingerprint density at radius 1 is 1.50 bits per heavy atom. The summed E-state index contributed by atoms with van der Waals surface area (Å²) in [6, 6.07) is 0. The average molecular weight is 236 g/mol. The van der Waals surface area contributed by atoms with Crippen molar-refractivity contribution in [3.05, 3.63) is 12.2 Å². The van der Waals surface area contributed by atoms with Gasteiger partial charge >= 0.3 is 6.18 Å². The third-order valence-electron chi connectivity index (χ3n) is 0.562. The SMILES string of the molecule is C=C(CI)C(F)(F)F. The Morgan fingerprint density at radius 3 is 1.88 bits per heavy atom. The van der Waals surface area contributed by atoms with Gasteiger partial charge < -0.3 is 0 Å². The van der Waals surface area contributed by atoms with Gasteiger partial charge in [-0.05, 0) is 0 Å². The van der Waals surface area contributed by atoms with Crippen molar-refractivity contribution < 1.29 is 13.2 Å². The smallest absolute Gasteiger partial charge is 0.166 e. The molecule has 0 spiro atoms. The van der Waals surface area contributed by atoms with E-state index in [2.05, 4.69) is 6.58 Å². The van der Waals surface area contributed by atoms with Crippen LogP contribution >= 0.6 is 22.6 Å². The minimum Gasteiger partial charge on any atom is -0.166 e. The predicted molar refractivity (Wildman–Crippen MR) is 34.1 cm³/mol. The normalized spacial score (nSPS) is 11.5. The Morgan fingerprint density at radius 2 is 1.88 bits per heavy atom. The summed E-state index contributed by atoms with van der Waals surface area (Å²) in [6.07, 6.45) is -4.19. The van der Waals surface area contributed by atoms with E-state index in [-0.39, 0.29) is 4.43 Å². The maximum Gasteiger partial charge on any atom is 0.412 e. The second-order valence-electron chi connectivity index (χ2n) is 1.23. The Balaban J connectivity index is 3.82. The molecule has 8 heavy (non-hydrogen) atoms. The van der Waals surface area contributed by atoms with Crippen LogP contribution < -0.4 is 0 Å². The molecule has 0 fully saturated rings. The highest BCUT2D eigenvalue weighted by molar-refractivity contribution is 14.1. The third kappa shape index (κ3) is 2.54. The zero-order chi connectivity index (χ0) is 6.78. The molecule has 0 N–H and O–H groups in total. The zero-order valence-electron chi connectivity index (χ0n) is 3.93. The number of allylic oxidation sites excluding steroid dienone is 1. The van der Waals surface area contributed by atoms with E-state index < -0.39 is 11.7 Å². The van der Waals surface area contributed by atoms with Crippen LogP contribution in [0.15, 0.2) is 12.2 Å². The van der Waals surface area contributed by atoms with E-state index in [1.807, 2.05) is 0 Å². The van der Waals surface area contributed by atoms with Crippen LogP contribution in [0.5, 0.6) is 0 Å². The van der Waals surface area contributed by atoms with E-state index in [0.717, 1.165) is 0 Å². The minimum absolute atomic E-state index is 0.0543. The lowest BCUT2D eigenvalue weighted by molar-refractivity contribution is -0.0900. The van der Waals surface area contributed by atoms with Gasteiger partial charge in [-0.3, -0.25) is 0 Å². The van der Waals surface area contributed by atoms with Gasteiger partial charge in [-0.15, -0.1) is 0 Å². The largest absolute Gasteiger partial charge is 0.412 e. The lowest BCUT2D eigenvalue weighted by Crippen LogP contribution is -2.10. The summed E-state index contributed by atoms with van der Waals surface area (Å²) in [6.45, 7) is 2.81. The van der Waals surface area contributed by atoms with Crippen molar-refractivity contribution in [3.63, 3.8) is 0 Å². The van der Waals surface area contributed by atoms with Gasteiger partial charge in [-0.25, -0.2) is 0 Å². The van der Waals surface area contributed by atoms with E-state index >= 15 is 0 Å². The maximum atomic E-state index is 11.3. The van der Waals surface area contributed by atoms with Crippen LogP contribution in [0, 0.1) is 0 Å². The van der Waals surface area contributed by atoms with E-state index in [1.165, 1.54) is 0 Å². The second kappa shape index (κ2) is 2.70. The van der Waals surface area contributed by atoms with Crippen molar-refractivity contribution >= 4 is 22.6 Å².